The van der Waals surface area contributed by atoms with Crippen LogP contribution in [-0.4, -0.2) is 38.7 Å². The van der Waals surface area contributed by atoms with Gasteiger partial charge in [-0.1, -0.05) is 19.1 Å². The van der Waals surface area contributed by atoms with Crippen molar-refractivity contribution in [3.8, 4) is 11.4 Å². The van der Waals surface area contributed by atoms with Gasteiger partial charge in [0.25, 0.3) is 0 Å². The molecule has 2 aromatic heterocycles. The Hall–Kier alpha value is -2.83. The molecule has 0 bridgehead atoms. The number of carbonyl (C=O) groups is 1. The Bertz CT molecular complexity index is 922. The van der Waals surface area contributed by atoms with Crippen LogP contribution in [0, 0.1) is 11.7 Å². The maximum absolute atomic E-state index is 14.1. The van der Waals surface area contributed by atoms with E-state index in [9.17, 15) is 9.18 Å². The fourth-order valence-corrected chi connectivity index (χ4v) is 2.98. The molecular formula is C17H16FN5O. The first-order valence-corrected chi connectivity index (χ1v) is 7.88. The normalized spacial score (nSPS) is 18.3. The molecule has 0 amide bonds. The Morgan fingerprint density at radius 1 is 1.17 bits per heavy atom. The molecule has 1 unspecified atom stereocenters. The van der Waals surface area contributed by atoms with E-state index in [1.165, 1.54) is 6.07 Å². The maximum Gasteiger partial charge on any atom is 0.188 e. The van der Waals surface area contributed by atoms with Crippen LogP contribution < -0.4 is 4.90 Å². The molecule has 3 heterocycles. The van der Waals surface area contributed by atoms with Crippen LogP contribution in [0.4, 0.5) is 10.2 Å². The number of halogens is 1. The van der Waals surface area contributed by atoms with Crippen LogP contribution >= 0.6 is 0 Å². The average molecular weight is 325 g/mol. The first kappa shape index (κ1) is 14.7. The van der Waals surface area contributed by atoms with E-state index in [2.05, 4.69) is 20.2 Å². The van der Waals surface area contributed by atoms with Crippen LogP contribution in [0.2, 0.25) is 0 Å². The third-order valence-corrected chi connectivity index (χ3v) is 4.36. The summed E-state index contributed by atoms with van der Waals surface area (Å²) in [5.74, 6) is 1.01. The van der Waals surface area contributed by atoms with Gasteiger partial charge in [0.15, 0.2) is 11.5 Å². The molecule has 1 aliphatic rings. The lowest BCUT2D eigenvalue weighted by Gasteiger charge is -2.30. The van der Waals surface area contributed by atoms with Crippen molar-refractivity contribution >= 4 is 17.2 Å². The van der Waals surface area contributed by atoms with Crippen molar-refractivity contribution < 1.29 is 9.18 Å². The van der Waals surface area contributed by atoms with Crippen LogP contribution in [0.15, 0.2) is 36.4 Å². The van der Waals surface area contributed by atoms with E-state index in [0.29, 0.717) is 36.5 Å². The van der Waals surface area contributed by atoms with Crippen molar-refractivity contribution in [1.29, 1.82) is 0 Å². The second-order valence-electron chi connectivity index (χ2n) is 6.03. The number of Topliss-reactive ketones (excluding diaryl/α,β-unsaturated/α-hetero) is 1. The molecule has 1 saturated heterocycles. The predicted octanol–water partition coefficient (Wildman–Crippen LogP) is 2.35. The van der Waals surface area contributed by atoms with Crippen LogP contribution in [0.5, 0.6) is 0 Å². The molecule has 122 valence electrons. The second kappa shape index (κ2) is 5.67. The van der Waals surface area contributed by atoms with Gasteiger partial charge in [-0.05, 0) is 24.3 Å². The fraction of sp³-hybridized carbons (Fsp3) is 0.294. The number of aromatic nitrogens is 4. The highest BCUT2D eigenvalue weighted by Gasteiger charge is 2.25. The zero-order valence-corrected chi connectivity index (χ0v) is 13.2. The van der Waals surface area contributed by atoms with Gasteiger partial charge >= 0.3 is 0 Å². The van der Waals surface area contributed by atoms with Gasteiger partial charge in [0.1, 0.15) is 17.4 Å². The van der Waals surface area contributed by atoms with Gasteiger partial charge in [-0.2, -0.15) is 4.52 Å². The molecule has 4 rings (SSSR count). The molecule has 6 nitrogen and oxygen atoms in total. The third-order valence-electron chi connectivity index (χ3n) is 4.36. The summed E-state index contributed by atoms with van der Waals surface area (Å²) in [4.78, 5) is 13.8. The maximum atomic E-state index is 14.1. The molecule has 0 spiro atoms. The molecule has 1 aliphatic heterocycles. The molecule has 7 heteroatoms. The number of anilines is 1. The van der Waals surface area contributed by atoms with E-state index in [1.54, 1.807) is 28.8 Å². The Morgan fingerprint density at radius 2 is 2.00 bits per heavy atom. The lowest BCUT2D eigenvalue weighted by molar-refractivity contribution is -0.122. The summed E-state index contributed by atoms with van der Waals surface area (Å²) in [5.41, 5.74) is 0.912. The summed E-state index contributed by atoms with van der Waals surface area (Å²) in [6.07, 6.45) is 0.517. The van der Waals surface area contributed by atoms with Gasteiger partial charge in [-0.3, -0.25) is 4.79 Å². The number of benzene rings is 1. The molecule has 0 aliphatic carbocycles. The number of rotatable bonds is 2. The zero-order valence-electron chi connectivity index (χ0n) is 13.2. The number of carbonyl (C=O) groups excluding carboxylic acids is 1. The van der Waals surface area contributed by atoms with Gasteiger partial charge < -0.3 is 4.90 Å². The molecule has 3 aromatic rings. The molecule has 1 atom stereocenters. The number of hydrogen-bond acceptors (Lipinski definition) is 5. The van der Waals surface area contributed by atoms with Crippen LogP contribution in [0.3, 0.4) is 0 Å². The summed E-state index contributed by atoms with van der Waals surface area (Å²) < 4.78 is 15.6. The van der Waals surface area contributed by atoms with E-state index in [4.69, 9.17) is 0 Å². The quantitative estimate of drug-likeness (QED) is 0.724. The van der Waals surface area contributed by atoms with E-state index >= 15 is 0 Å². The summed E-state index contributed by atoms with van der Waals surface area (Å²) in [5, 5.41) is 12.7. The molecular weight excluding hydrogens is 309 g/mol. The number of ketones is 1. The molecule has 1 fully saturated rings. The highest BCUT2D eigenvalue weighted by Crippen LogP contribution is 2.23. The lowest BCUT2D eigenvalue weighted by atomic mass is 9.99. The Kier molecular flexibility index (Phi) is 3.48. The van der Waals surface area contributed by atoms with Crippen LogP contribution in [0.1, 0.15) is 13.3 Å². The minimum atomic E-state index is -0.365. The number of hydrogen-bond donors (Lipinski definition) is 0. The number of fused-ring (bicyclic) bond motifs is 1. The summed E-state index contributed by atoms with van der Waals surface area (Å²) in [6.45, 7) is 3.20. The Labute approximate surface area is 137 Å². The minimum absolute atomic E-state index is 0.0109. The SMILES string of the molecule is CC1CN(c2ccc3nnc(-c4ccccc4F)n3n2)CCC1=O. The van der Waals surface area contributed by atoms with Crippen LogP contribution in [-0.2, 0) is 4.79 Å². The predicted molar refractivity (Wildman–Crippen MR) is 87.2 cm³/mol. The smallest absolute Gasteiger partial charge is 0.188 e. The highest BCUT2D eigenvalue weighted by atomic mass is 19.1. The van der Waals surface area contributed by atoms with Gasteiger partial charge in [0, 0.05) is 25.4 Å². The fourth-order valence-electron chi connectivity index (χ4n) is 2.98. The molecule has 0 N–H and O–H groups in total. The average Bonchev–Trinajstić information content (AvgIpc) is 3.01. The van der Waals surface area contributed by atoms with E-state index in [-0.39, 0.29) is 17.5 Å². The van der Waals surface area contributed by atoms with Gasteiger partial charge in [0.05, 0.1) is 5.56 Å². The lowest BCUT2D eigenvalue weighted by Crippen LogP contribution is -2.40. The second-order valence-corrected chi connectivity index (χ2v) is 6.03. The van der Waals surface area contributed by atoms with Crippen molar-refractivity contribution in [2.75, 3.05) is 18.0 Å². The molecule has 0 radical (unpaired) electrons. The monoisotopic (exact) mass is 325 g/mol. The topological polar surface area (TPSA) is 63.4 Å². The van der Waals surface area contributed by atoms with E-state index < -0.39 is 0 Å². The van der Waals surface area contributed by atoms with Crippen molar-refractivity contribution in [3.63, 3.8) is 0 Å². The zero-order chi connectivity index (χ0) is 16.7. The van der Waals surface area contributed by atoms with Gasteiger partial charge in [0.2, 0.25) is 0 Å². The minimum Gasteiger partial charge on any atom is -0.354 e. The standard InChI is InChI=1S/C17H16FN5O/c1-11-10-22(9-8-14(11)24)16-7-6-15-19-20-17(23(15)21-16)12-4-2-3-5-13(12)18/h2-7,11H,8-10H2,1H3. The first-order valence-electron chi connectivity index (χ1n) is 7.88. The third kappa shape index (κ3) is 2.42. The van der Waals surface area contributed by atoms with E-state index in [0.717, 1.165) is 5.82 Å². The number of nitrogens with zero attached hydrogens (tertiary/aromatic N) is 5. The van der Waals surface area contributed by atoms with Crippen LogP contribution in [0.25, 0.3) is 17.0 Å². The van der Waals surface area contributed by atoms with Crippen molar-refractivity contribution in [1.82, 2.24) is 19.8 Å². The summed E-state index contributed by atoms with van der Waals surface area (Å²) >= 11 is 0. The Morgan fingerprint density at radius 3 is 2.79 bits per heavy atom. The number of piperidine rings is 1. The molecule has 24 heavy (non-hydrogen) atoms. The van der Waals surface area contributed by atoms with Crippen molar-refractivity contribution in [2.45, 2.75) is 13.3 Å². The largest absolute Gasteiger partial charge is 0.354 e. The summed E-state index contributed by atoms with van der Waals surface area (Å²) in [7, 11) is 0. The first-order chi connectivity index (χ1) is 11.6. The highest BCUT2D eigenvalue weighted by molar-refractivity contribution is 5.83. The van der Waals surface area contributed by atoms with E-state index in [1.807, 2.05) is 13.0 Å². The summed E-state index contributed by atoms with van der Waals surface area (Å²) in [6, 6.07) is 10.1. The van der Waals surface area contributed by atoms with Gasteiger partial charge in [-0.15, -0.1) is 15.3 Å². The molecule has 0 saturated carbocycles. The molecule has 1 aromatic carbocycles. The van der Waals surface area contributed by atoms with Gasteiger partial charge in [-0.25, -0.2) is 4.39 Å². The Balaban J connectivity index is 1.77. The van der Waals surface area contributed by atoms with Crippen molar-refractivity contribution in [3.05, 3.63) is 42.2 Å². The van der Waals surface area contributed by atoms with Crippen molar-refractivity contribution in [2.24, 2.45) is 5.92 Å².